The molecule has 10 heteroatoms. The van der Waals surface area contributed by atoms with E-state index in [0.29, 0.717) is 24.3 Å². The van der Waals surface area contributed by atoms with E-state index in [4.69, 9.17) is 23.7 Å². The van der Waals surface area contributed by atoms with Crippen LogP contribution >= 0.6 is 11.3 Å². The molecule has 0 bridgehead atoms. The summed E-state index contributed by atoms with van der Waals surface area (Å²) < 4.78 is 27.3. The second-order valence-corrected chi connectivity index (χ2v) is 11.0. The largest absolute Gasteiger partial charge is 0.515 e. The van der Waals surface area contributed by atoms with Crippen molar-refractivity contribution in [1.29, 1.82) is 0 Å². The molecule has 2 aromatic carbocycles. The standard InChI is InChI=1S/C29H31NO8S/c1-28(2,3)38-26(32)30-29(25(31)34-4)15-13-20-11-8-12-22(21(20)17-29)36-23-14-16-39-24(23)37-27(33)35-18-19-9-6-5-7-10-19/h5-12,14,16H,13,15,17-18H2,1-4H3,(H,30,32)/t29-/m0/s1. The van der Waals surface area contributed by atoms with Gasteiger partial charge in [-0.05, 0) is 62.3 Å². The minimum absolute atomic E-state index is 0.0771. The fraction of sp³-hybridized carbons (Fsp3) is 0.345. The number of esters is 1. The van der Waals surface area contributed by atoms with Gasteiger partial charge < -0.3 is 29.0 Å². The van der Waals surface area contributed by atoms with Crippen LogP contribution < -0.4 is 14.8 Å². The van der Waals surface area contributed by atoms with Crippen molar-refractivity contribution in [1.82, 2.24) is 5.32 Å². The minimum Gasteiger partial charge on any atom is -0.467 e. The van der Waals surface area contributed by atoms with Crippen LogP contribution in [-0.2, 0) is 38.5 Å². The highest BCUT2D eigenvalue weighted by molar-refractivity contribution is 7.12. The fourth-order valence-corrected chi connectivity index (χ4v) is 4.94. The fourth-order valence-electron chi connectivity index (χ4n) is 4.28. The molecule has 4 rings (SSSR count). The van der Waals surface area contributed by atoms with Gasteiger partial charge in [-0.2, -0.15) is 0 Å². The first-order valence-corrected chi connectivity index (χ1v) is 13.3. The zero-order valence-electron chi connectivity index (χ0n) is 22.3. The molecule has 0 saturated heterocycles. The van der Waals surface area contributed by atoms with Gasteiger partial charge in [-0.25, -0.2) is 14.4 Å². The minimum atomic E-state index is -1.33. The summed E-state index contributed by atoms with van der Waals surface area (Å²) in [5.41, 5.74) is 0.465. The molecular formula is C29H31NO8S. The molecule has 9 nitrogen and oxygen atoms in total. The number of rotatable bonds is 7. The molecular weight excluding hydrogens is 522 g/mol. The number of carbonyl (C=O) groups excluding carboxylic acids is 3. The molecule has 0 fully saturated rings. The van der Waals surface area contributed by atoms with Crippen molar-refractivity contribution in [2.24, 2.45) is 0 Å². The Morgan fingerprint density at radius 3 is 2.49 bits per heavy atom. The number of hydrogen-bond donors (Lipinski definition) is 1. The van der Waals surface area contributed by atoms with Crippen molar-refractivity contribution >= 4 is 29.6 Å². The molecule has 0 saturated carbocycles. The number of benzene rings is 2. The summed E-state index contributed by atoms with van der Waals surface area (Å²) in [6.07, 6.45) is -0.611. The van der Waals surface area contributed by atoms with Crippen molar-refractivity contribution in [3.8, 4) is 16.6 Å². The number of thiophene rings is 1. The van der Waals surface area contributed by atoms with E-state index < -0.39 is 29.4 Å². The lowest BCUT2D eigenvalue weighted by Crippen LogP contribution is -2.59. The highest BCUT2D eigenvalue weighted by Gasteiger charge is 2.45. The Morgan fingerprint density at radius 2 is 1.77 bits per heavy atom. The van der Waals surface area contributed by atoms with E-state index >= 15 is 0 Å². The summed E-state index contributed by atoms with van der Waals surface area (Å²) >= 11 is 1.18. The van der Waals surface area contributed by atoms with Gasteiger partial charge in [0.15, 0.2) is 5.75 Å². The summed E-state index contributed by atoms with van der Waals surface area (Å²) in [6, 6.07) is 16.5. The predicted octanol–water partition coefficient (Wildman–Crippen LogP) is 6.18. The SMILES string of the molecule is COC(=O)[C@]1(NC(=O)OC(C)(C)C)CCc2cccc(Oc3ccsc3OC(=O)OCc3ccccc3)c2C1. The lowest BCUT2D eigenvalue weighted by Gasteiger charge is -2.37. The number of aryl methyl sites for hydroxylation is 1. The molecule has 0 radical (unpaired) electrons. The number of alkyl carbamates (subject to hydrolysis) is 1. The Balaban J connectivity index is 1.51. The zero-order chi connectivity index (χ0) is 28.0. The van der Waals surface area contributed by atoms with Crippen molar-refractivity contribution in [3.05, 3.63) is 76.7 Å². The van der Waals surface area contributed by atoms with Crippen LogP contribution in [0.15, 0.2) is 60.0 Å². The Morgan fingerprint density at radius 1 is 1.00 bits per heavy atom. The van der Waals surface area contributed by atoms with Crippen LogP contribution in [0.4, 0.5) is 9.59 Å². The number of amides is 1. The smallest absolute Gasteiger partial charge is 0.467 e. The Kier molecular flexibility index (Phi) is 8.44. The lowest BCUT2D eigenvalue weighted by molar-refractivity contribution is -0.149. The molecule has 0 unspecified atom stereocenters. The van der Waals surface area contributed by atoms with Crippen LogP contribution in [0.1, 0.15) is 43.9 Å². The number of fused-ring (bicyclic) bond motifs is 1. The summed E-state index contributed by atoms with van der Waals surface area (Å²) in [7, 11) is 1.28. The molecule has 1 atom stereocenters. The van der Waals surface area contributed by atoms with Crippen LogP contribution in [0.25, 0.3) is 0 Å². The maximum Gasteiger partial charge on any atom is 0.515 e. The van der Waals surface area contributed by atoms with Crippen molar-refractivity contribution in [2.75, 3.05) is 7.11 Å². The van der Waals surface area contributed by atoms with Crippen molar-refractivity contribution in [2.45, 2.75) is 57.8 Å². The molecule has 206 valence electrons. The third-order valence-electron chi connectivity index (χ3n) is 6.04. The Hall–Kier alpha value is -4.05. The molecule has 39 heavy (non-hydrogen) atoms. The summed E-state index contributed by atoms with van der Waals surface area (Å²) in [6.45, 7) is 5.32. The number of hydrogen-bond acceptors (Lipinski definition) is 9. The lowest BCUT2D eigenvalue weighted by atomic mass is 9.77. The summed E-state index contributed by atoms with van der Waals surface area (Å²) in [5, 5.41) is 4.72. The molecule has 0 spiro atoms. The van der Waals surface area contributed by atoms with E-state index in [1.54, 1.807) is 38.3 Å². The molecule has 1 aliphatic carbocycles. The van der Waals surface area contributed by atoms with Crippen LogP contribution in [-0.4, -0.2) is 36.5 Å². The van der Waals surface area contributed by atoms with E-state index in [-0.39, 0.29) is 18.1 Å². The average molecular weight is 554 g/mol. The molecule has 1 amide bonds. The average Bonchev–Trinajstić information content (AvgIpc) is 3.33. The molecule has 3 aromatic rings. The van der Waals surface area contributed by atoms with E-state index in [1.165, 1.54) is 18.4 Å². The Bertz CT molecular complexity index is 1330. The van der Waals surface area contributed by atoms with Crippen molar-refractivity contribution < 1.29 is 38.1 Å². The first kappa shape index (κ1) is 28.0. The van der Waals surface area contributed by atoms with Crippen LogP contribution in [0.2, 0.25) is 0 Å². The van der Waals surface area contributed by atoms with Gasteiger partial charge in [-0.15, -0.1) is 11.3 Å². The second kappa shape index (κ2) is 11.8. The van der Waals surface area contributed by atoms with Gasteiger partial charge >= 0.3 is 18.2 Å². The van der Waals surface area contributed by atoms with Gasteiger partial charge in [0, 0.05) is 12.0 Å². The number of methoxy groups -OCH3 is 1. The van der Waals surface area contributed by atoms with Gasteiger partial charge in [0.1, 0.15) is 23.5 Å². The van der Waals surface area contributed by atoms with Gasteiger partial charge in [0.25, 0.3) is 0 Å². The highest BCUT2D eigenvalue weighted by Crippen LogP contribution is 2.41. The van der Waals surface area contributed by atoms with Gasteiger partial charge in [0.05, 0.1) is 7.11 Å². The highest BCUT2D eigenvalue weighted by atomic mass is 32.1. The maximum atomic E-state index is 13.0. The maximum absolute atomic E-state index is 13.0. The van der Waals surface area contributed by atoms with E-state index in [1.807, 2.05) is 42.5 Å². The zero-order valence-corrected chi connectivity index (χ0v) is 23.1. The number of nitrogens with one attached hydrogen (secondary N) is 1. The first-order chi connectivity index (χ1) is 18.6. The van der Waals surface area contributed by atoms with Crippen LogP contribution in [0.5, 0.6) is 16.6 Å². The van der Waals surface area contributed by atoms with E-state index in [9.17, 15) is 14.4 Å². The first-order valence-electron chi connectivity index (χ1n) is 12.4. The van der Waals surface area contributed by atoms with Gasteiger partial charge in [-0.3, -0.25) is 0 Å². The molecule has 0 aliphatic heterocycles. The summed E-state index contributed by atoms with van der Waals surface area (Å²) in [5.74, 6) is 0.210. The molecule has 1 N–H and O–H groups in total. The second-order valence-electron chi connectivity index (χ2n) is 10.1. The van der Waals surface area contributed by atoms with E-state index in [0.717, 1.165) is 16.7 Å². The quantitative estimate of drug-likeness (QED) is 0.273. The monoisotopic (exact) mass is 553 g/mol. The molecule has 1 aromatic heterocycles. The van der Waals surface area contributed by atoms with E-state index in [2.05, 4.69) is 5.32 Å². The third-order valence-corrected chi connectivity index (χ3v) is 6.81. The summed E-state index contributed by atoms with van der Waals surface area (Å²) in [4.78, 5) is 37.9. The van der Waals surface area contributed by atoms with Gasteiger partial charge in [0.2, 0.25) is 5.06 Å². The van der Waals surface area contributed by atoms with Crippen molar-refractivity contribution in [3.63, 3.8) is 0 Å². The number of ether oxygens (including phenoxy) is 5. The normalized spacial score (nSPS) is 16.4. The number of carbonyl (C=O) groups is 3. The van der Waals surface area contributed by atoms with Crippen LogP contribution in [0, 0.1) is 0 Å². The third kappa shape index (κ3) is 7.08. The van der Waals surface area contributed by atoms with Gasteiger partial charge in [-0.1, -0.05) is 42.5 Å². The van der Waals surface area contributed by atoms with Crippen LogP contribution in [0.3, 0.4) is 0 Å². The Labute approximate surface area is 231 Å². The molecule has 1 aliphatic rings. The predicted molar refractivity (Wildman–Crippen MR) is 144 cm³/mol. The molecule has 1 heterocycles. The topological polar surface area (TPSA) is 109 Å².